The number of sulfone groups is 1. The molecule has 0 unspecified atom stereocenters. The highest BCUT2D eigenvalue weighted by Crippen LogP contribution is 2.34. The van der Waals surface area contributed by atoms with E-state index in [1.807, 2.05) is 12.1 Å². The van der Waals surface area contributed by atoms with Gasteiger partial charge >= 0.3 is 0 Å². The largest absolute Gasteiger partial charge is 0.489 e. The van der Waals surface area contributed by atoms with E-state index in [9.17, 15) is 22.0 Å². The van der Waals surface area contributed by atoms with Gasteiger partial charge in [0.25, 0.3) is 0 Å². The summed E-state index contributed by atoms with van der Waals surface area (Å²) in [4.78, 5) is 23.1. The zero-order valence-corrected chi connectivity index (χ0v) is 27.4. The van der Waals surface area contributed by atoms with Crippen molar-refractivity contribution >= 4 is 48.3 Å². The number of pyridine rings is 1. The summed E-state index contributed by atoms with van der Waals surface area (Å²) in [5.41, 5.74) is 8.64. The van der Waals surface area contributed by atoms with Crippen molar-refractivity contribution in [2.45, 2.75) is 31.9 Å². The number of halogens is 3. The average molecular weight is 728 g/mol. The van der Waals surface area contributed by atoms with Gasteiger partial charge in [0, 0.05) is 36.1 Å². The number of rotatable bonds is 8. The first kappa shape index (κ1) is 31.3. The summed E-state index contributed by atoms with van der Waals surface area (Å²) in [7, 11) is -2.86. The van der Waals surface area contributed by atoms with E-state index in [1.165, 1.54) is 29.2 Å². The third-order valence-electron chi connectivity index (χ3n) is 8.56. The normalized spacial score (nSPS) is 17.1. The van der Waals surface area contributed by atoms with Crippen LogP contribution in [0, 0.1) is 18.6 Å². The highest BCUT2D eigenvalue weighted by atomic mass is 79.9. The van der Waals surface area contributed by atoms with Gasteiger partial charge in [-0.05, 0) is 71.6 Å². The fourth-order valence-corrected chi connectivity index (χ4v) is 7.92. The molecule has 5 heterocycles. The van der Waals surface area contributed by atoms with Crippen molar-refractivity contribution < 1.29 is 31.5 Å². The van der Waals surface area contributed by atoms with Gasteiger partial charge in [-0.1, -0.05) is 6.07 Å². The van der Waals surface area contributed by atoms with Gasteiger partial charge < -0.3 is 20.2 Å². The van der Waals surface area contributed by atoms with Crippen molar-refractivity contribution in [3.8, 4) is 23.1 Å². The molecule has 5 aromatic rings. The Hall–Kier alpha value is -4.34. The number of fused-ring (bicyclic) bond motifs is 1. The van der Waals surface area contributed by atoms with Gasteiger partial charge in [-0.3, -0.25) is 9.69 Å². The van der Waals surface area contributed by atoms with Crippen molar-refractivity contribution in [3.63, 3.8) is 0 Å². The number of carbonyl (C=O) groups is 1. The highest BCUT2D eigenvalue weighted by Gasteiger charge is 2.39. The number of aromatic nitrogens is 4. The van der Waals surface area contributed by atoms with Crippen LogP contribution in [-0.2, 0) is 9.84 Å². The Morgan fingerprint density at radius 1 is 1.09 bits per heavy atom. The van der Waals surface area contributed by atoms with E-state index in [2.05, 4.69) is 35.9 Å². The van der Waals surface area contributed by atoms with Gasteiger partial charge in [-0.25, -0.2) is 26.9 Å². The number of hydrogen-bond donors (Lipinski definition) is 2. The second-order valence-corrected chi connectivity index (χ2v) is 14.8. The first-order chi connectivity index (χ1) is 22.5. The van der Waals surface area contributed by atoms with E-state index in [0.29, 0.717) is 22.7 Å². The third-order valence-corrected chi connectivity index (χ3v) is 11.0. The molecule has 0 bridgehead atoms. The van der Waals surface area contributed by atoms with Crippen LogP contribution in [0.1, 0.15) is 34.5 Å². The molecule has 0 saturated carbocycles. The zero-order chi connectivity index (χ0) is 33.0. The van der Waals surface area contributed by atoms with E-state index in [0.717, 1.165) is 53.4 Å². The molecule has 0 aliphatic carbocycles. The van der Waals surface area contributed by atoms with E-state index in [-0.39, 0.29) is 46.7 Å². The predicted octanol–water partition coefficient (Wildman–Crippen LogP) is 5.34. The molecule has 3 N–H and O–H groups in total. The van der Waals surface area contributed by atoms with Gasteiger partial charge in [0.05, 0.1) is 45.3 Å². The standard InChI is InChI=1S/C32H29BrF2N6O5S/c1-17-9-29(46-31-23(34)3-2-4-24(31)35)37-14-27(17)41-32(36)21(13-38-41)30(42)26-10-18-11-28(22(33)12-25(18)39-26)45-20-5-7-40(8-6-20)19-15-47(43,44)16-19/h2-4,9-14,19-20,39H,5-8,15-16,36H2,1H3. The van der Waals surface area contributed by atoms with Crippen LogP contribution in [0.2, 0.25) is 0 Å². The third kappa shape index (κ3) is 6.10. The van der Waals surface area contributed by atoms with Crippen LogP contribution in [0.4, 0.5) is 14.6 Å². The lowest BCUT2D eigenvalue weighted by molar-refractivity contribution is 0.0819. The number of nitrogen functional groups attached to an aromatic ring is 1. The summed E-state index contributed by atoms with van der Waals surface area (Å²) in [5.74, 6) is -1.45. The Labute approximate surface area is 276 Å². The minimum Gasteiger partial charge on any atom is -0.489 e. The number of likely N-dealkylation sites (tertiary alicyclic amines) is 1. The number of carbonyl (C=O) groups excluding carboxylic acids is 1. The van der Waals surface area contributed by atoms with Crippen LogP contribution < -0.4 is 15.2 Å². The summed E-state index contributed by atoms with van der Waals surface area (Å²) in [5, 5.41) is 5.08. The molecular formula is C32H29BrF2N6O5S. The molecule has 7 rings (SSSR count). The summed E-state index contributed by atoms with van der Waals surface area (Å²) >= 11 is 3.59. The fourth-order valence-electron chi connectivity index (χ4n) is 5.99. The molecule has 0 atom stereocenters. The number of hydrogen-bond acceptors (Lipinski definition) is 9. The van der Waals surface area contributed by atoms with Crippen molar-refractivity contribution in [2.75, 3.05) is 30.3 Å². The minimum absolute atomic E-state index is 0.0124. The number of piperidine rings is 1. The van der Waals surface area contributed by atoms with Crippen LogP contribution in [0.25, 0.3) is 16.6 Å². The minimum atomic E-state index is -2.86. The van der Waals surface area contributed by atoms with Gasteiger partial charge in [0.1, 0.15) is 17.7 Å². The van der Waals surface area contributed by atoms with Crippen molar-refractivity contribution in [1.82, 2.24) is 24.6 Å². The summed E-state index contributed by atoms with van der Waals surface area (Å²) < 4.78 is 65.0. The molecule has 244 valence electrons. The average Bonchev–Trinajstić information content (AvgIpc) is 3.61. The van der Waals surface area contributed by atoms with Gasteiger partial charge in [0.2, 0.25) is 17.4 Å². The number of H-pyrrole nitrogens is 1. The van der Waals surface area contributed by atoms with Crippen LogP contribution in [0.5, 0.6) is 17.4 Å². The van der Waals surface area contributed by atoms with Crippen LogP contribution in [0.15, 0.2) is 59.3 Å². The van der Waals surface area contributed by atoms with E-state index in [1.54, 1.807) is 13.0 Å². The maximum absolute atomic E-state index is 14.0. The first-order valence-electron chi connectivity index (χ1n) is 14.9. The second-order valence-electron chi connectivity index (χ2n) is 11.8. The maximum Gasteiger partial charge on any atom is 0.219 e. The molecule has 2 aliphatic heterocycles. The van der Waals surface area contributed by atoms with Crippen LogP contribution >= 0.6 is 15.9 Å². The number of aromatic amines is 1. The van der Waals surface area contributed by atoms with E-state index >= 15 is 0 Å². The molecule has 2 saturated heterocycles. The van der Waals surface area contributed by atoms with E-state index in [4.69, 9.17) is 15.2 Å². The number of anilines is 1. The van der Waals surface area contributed by atoms with Gasteiger partial charge in [-0.15, -0.1) is 0 Å². The Balaban J connectivity index is 1.05. The quantitative estimate of drug-likeness (QED) is 0.202. The molecule has 15 heteroatoms. The number of ether oxygens (including phenoxy) is 2. The molecular weight excluding hydrogens is 698 g/mol. The lowest BCUT2D eigenvalue weighted by Crippen LogP contribution is -2.56. The molecule has 0 radical (unpaired) electrons. The zero-order valence-electron chi connectivity index (χ0n) is 25.0. The van der Waals surface area contributed by atoms with Crippen LogP contribution in [-0.4, -0.2) is 75.6 Å². The summed E-state index contributed by atoms with van der Waals surface area (Å²) in [6.07, 6.45) is 4.33. The molecule has 47 heavy (non-hydrogen) atoms. The van der Waals surface area contributed by atoms with Crippen molar-refractivity contribution in [1.29, 1.82) is 0 Å². The number of nitrogens with zero attached hydrogens (tertiary/aromatic N) is 4. The van der Waals surface area contributed by atoms with Gasteiger partial charge in [-0.2, -0.15) is 5.10 Å². The summed E-state index contributed by atoms with van der Waals surface area (Å²) in [6, 6.07) is 10.5. The smallest absolute Gasteiger partial charge is 0.219 e. The first-order valence-corrected chi connectivity index (χ1v) is 17.5. The molecule has 0 spiro atoms. The lowest BCUT2D eigenvalue weighted by Gasteiger charge is -2.41. The molecule has 0 amide bonds. The fraction of sp³-hybridized carbons (Fsp3) is 0.281. The Morgan fingerprint density at radius 2 is 1.81 bits per heavy atom. The molecule has 11 nitrogen and oxygen atoms in total. The Bertz CT molecular complexity index is 2110. The second kappa shape index (κ2) is 12.0. The SMILES string of the molecule is Cc1cc(Oc2c(F)cccc2F)ncc1-n1ncc(C(=O)c2cc3cc(OC4CCN(C5CS(=O)(=O)C5)CC4)c(Br)cc3[nH]2)c1N. The molecule has 2 fully saturated rings. The Kier molecular flexibility index (Phi) is 8.00. The predicted molar refractivity (Wildman–Crippen MR) is 174 cm³/mol. The number of nitrogens with one attached hydrogen (secondary N) is 1. The molecule has 3 aromatic heterocycles. The van der Waals surface area contributed by atoms with E-state index < -0.39 is 27.2 Å². The van der Waals surface area contributed by atoms with Crippen LogP contribution in [0.3, 0.4) is 0 Å². The van der Waals surface area contributed by atoms with Gasteiger partial charge in [0.15, 0.2) is 21.5 Å². The monoisotopic (exact) mass is 726 g/mol. The number of nitrogens with two attached hydrogens (primary N) is 1. The topological polar surface area (TPSA) is 145 Å². The Morgan fingerprint density at radius 3 is 2.49 bits per heavy atom. The molecule has 2 aliphatic rings. The van der Waals surface area contributed by atoms with Crippen molar-refractivity contribution in [3.05, 3.63) is 87.8 Å². The number of para-hydroxylation sites is 1. The number of ketones is 1. The maximum atomic E-state index is 14.0. The number of aryl methyl sites for hydroxylation is 1. The highest BCUT2D eigenvalue weighted by molar-refractivity contribution is 9.10. The van der Waals surface area contributed by atoms with Crippen molar-refractivity contribution in [2.24, 2.45) is 0 Å². The molecule has 2 aromatic carbocycles. The lowest BCUT2D eigenvalue weighted by atomic mass is 10.1. The number of benzene rings is 2. The summed E-state index contributed by atoms with van der Waals surface area (Å²) in [6.45, 7) is 3.29.